The number of aryl methyl sites for hydroxylation is 1. The molecular formula is C22H23N5O2. The highest BCUT2D eigenvalue weighted by Crippen LogP contribution is 2.30. The van der Waals surface area contributed by atoms with E-state index in [-0.39, 0.29) is 17.7 Å². The van der Waals surface area contributed by atoms with Gasteiger partial charge in [-0.1, -0.05) is 30.3 Å². The highest BCUT2D eigenvalue weighted by atomic mass is 16.2. The van der Waals surface area contributed by atoms with Gasteiger partial charge in [-0.2, -0.15) is 0 Å². The third kappa shape index (κ3) is 2.80. The quantitative estimate of drug-likeness (QED) is 0.729. The number of benzene rings is 1. The summed E-state index contributed by atoms with van der Waals surface area (Å²) < 4.78 is 2.12. The maximum atomic E-state index is 13.3. The number of Topliss-reactive ketones (excluding diaryl/α,β-unsaturated/α-hetero) is 1. The molecular weight excluding hydrogens is 366 g/mol. The molecule has 1 amide bonds. The van der Waals surface area contributed by atoms with E-state index in [0.29, 0.717) is 25.2 Å². The first-order chi connectivity index (χ1) is 14.0. The Morgan fingerprint density at radius 3 is 2.72 bits per heavy atom. The fourth-order valence-corrected chi connectivity index (χ4v) is 4.62. The van der Waals surface area contributed by atoms with Crippen molar-refractivity contribution < 1.29 is 9.59 Å². The number of ketones is 1. The maximum absolute atomic E-state index is 13.3. The van der Waals surface area contributed by atoms with E-state index in [9.17, 15) is 9.59 Å². The van der Waals surface area contributed by atoms with E-state index in [1.54, 1.807) is 4.90 Å². The van der Waals surface area contributed by atoms with Gasteiger partial charge in [-0.25, -0.2) is 0 Å². The molecule has 0 radical (unpaired) electrons. The third-order valence-corrected chi connectivity index (χ3v) is 5.99. The molecule has 2 aliphatic rings. The fraction of sp³-hybridized carbons (Fsp3) is 0.364. The van der Waals surface area contributed by atoms with Crippen molar-refractivity contribution in [2.45, 2.75) is 45.7 Å². The summed E-state index contributed by atoms with van der Waals surface area (Å²) in [7, 11) is 0. The predicted molar refractivity (Wildman–Crippen MR) is 108 cm³/mol. The minimum Gasteiger partial charge on any atom is -0.354 e. The zero-order valence-electron chi connectivity index (χ0n) is 16.6. The summed E-state index contributed by atoms with van der Waals surface area (Å²) >= 11 is 0. The van der Waals surface area contributed by atoms with Crippen LogP contribution in [0, 0.1) is 6.92 Å². The molecule has 1 atom stereocenters. The van der Waals surface area contributed by atoms with E-state index in [0.717, 1.165) is 46.9 Å². The number of aromatic amines is 1. The number of nitrogens with one attached hydrogen (secondary N) is 1. The summed E-state index contributed by atoms with van der Waals surface area (Å²) in [5.41, 5.74) is 3.96. The second-order valence-electron chi connectivity index (χ2n) is 7.97. The standard InChI is InChI=1S/C22H23N5O2/c1-13-11-26(12-18-24-25-21(27(13)18)15-7-4-3-5-8-15)22(29)20-14(2)19-16(23-20)9-6-10-17(19)28/h3-5,7-8,13,23H,6,9-12H2,1-2H3/t13-/m0/s1. The highest BCUT2D eigenvalue weighted by molar-refractivity contribution is 6.04. The number of H-pyrrole nitrogens is 1. The number of amides is 1. The lowest BCUT2D eigenvalue weighted by Crippen LogP contribution is -2.41. The van der Waals surface area contributed by atoms with Gasteiger partial charge in [0.05, 0.1) is 12.6 Å². The molecule has 7 nitrogen and oxygen atoms in total. The summed E-state index contributed by atoms with van der Waals surface area (Å²) in [4.78, 5) is 30.7. The van der Waals surface area contributed by atoms with Crippen LogP contribution in [0.5, 0.6) is 0 Å². The van der Waals surface area contributed by atoms with Crippen molar-refractivity contribution in [2.24, 2.45) is 0 Å². The number of fused-ring (bicyclic) bond motifs is 2. The van der Waals surface area contributed by atoms with Crippen molar-refractivity contribution in [2.75, 3.05) is 6.54 Å². The van der Waals surface area contributed by atoms with Crippen molar-refractivity contribution in [1.29, 1.82) is 0 Å². The molecule has 5 rings (SSSR count). The van der Waals surface area contributed by atoms with Crippen LogP contribution in [0.1, 0.15) is 63.7 Å². The first-order valence-corrected chi connectivity index (χ1v) is 10.1. The van der Waals surface area contributed by atoms with E-state index < -0.39 is 0 Å². The lowest BCUT2D eigenvalue weighted by Gasteiger charge is -2.32. The minimum absolute atomic E-state index is 0.0550. The van der Waals surface area contributed by atoms with Crippen LogP contribution in [0.25, 0.3) is 11.4 Å². The van der Waals surface area contributed by atoms with Crippen LogP contribution >= 0.6 is 0 Å². The smallest absolute Gasteiger partial charge is 0.271 e. The molecule has 0 unspecified atom stereocenters. The van der Waals surface area contributed by atoms with Crippen LogP contribution in [-0.4, -0.2) is 42.9 Å². The summed E-state index contributed by atoms with van der Waals surface area (Å²) in [5, 5.41) is 8.75. The second-order valence-corrected chi connectivity index (χ2v) is 7.97. The Balaban J connectivity index is 1.46. The average Bonchev–Trinajstić information content (AvgIpc) is 3.30. The van der Waals surface area contributed by atoms with Crippen LogP contribution in [0.15, 0.2) is 30.3 Å². The van der Waals surface area contributed by atoms with Gasteiger partial charge in [-0.3, -0.25) is 9.59 Å². The molecule has 7 heteroatoms. The van der Waals surface area contributed by atoms with Crippen molar-refractivity contribution in [3.63, 3.8) is 0 Å². The lowest BCUT2D eigenvalue weighted by molar-refractivity contribution is 0.0676. The fourth-order valence-electron chi connectivity index (χ4n) is 4.62. The van der Waals surface area contributed by atoms with Gasteiger partial charge in [-0.15, -0.1) is 10.2 Å². The lowest BCUT2D eigenvalue weighted by atomic mass is 9.93. The number of rotatable bonds is 2. The molecule has 1 aliphatic heterocycles. The zero-order valence-corrected chi connectivity index (χ0v) is 16.6. The predicted octanol–water partition coefficient (Wildman–Crippen LogP) is 3.32. The number of hydrogen-bond acceptors (Lipinski definition) is 4. The normalized spacial score (nSPS) is 18.5. The minimum atomic E-state index is -0.0768. The molecule has 3 heterocycles. The van der Waals surface area contributed by atoms with E-state index >= 15 is 0 Å². The van der Waals surface area contributed by atoms with Crippen LogP contribution < -0.4 is 0 Å². The van der Waals surface area contributed by atoms with Gasteiger partial charge in [-0.05, 0) is 32.3 Å². The number of nitrogens with zero attached hydrogens (tertiary/aromatic N) is 4. The monoisotopic (exact) mass is 389 g/mol. The van der Waals surface area contributed by atoms with Crippen molar-refractivity contribution in [3.8, 4) is 11.4 Å². The average molecular weight is 389 g/mol. The Hall–Kier alpha value is -3.22. The Labute approximate surface area is 168 Å². The number of hydrogen-bond donors (Lipinski definition) is 1. The van der Waals surface area contributed by atoms with Gasteiger partial charge in [0.1, 0.15) is 5.69 Å². The Morgan fingerprint density at radius 1 is 1.17 bits per heavy atom. The Morgan fingerprint density at radius 2 is 1.97 bits per heavy atom. The summed E-state index contributed by atoms with van der Waals surface area (Å²) in [6, 6.07) is 10.0. The molecule has 2 aromatic heterocycles. The van der Waals surface area contributed by atoms with E-state index in [4.69, 9.17) is 0 Å². The molecule has 1 aliphatic carbocycles. The Bertz CT molecular complexity index is 1110. The van der Waals surface area contributed by atoms with E-state index in [1.165, 1.54) is 0 Å². The van der Waals surface area contributed by atoms with Crippen LogP contribution in [0.3, 0.4) is 0 Å². The molecule has 1 N–H and O–H groups in total. The summed E-state index contributed by atoms with van der Waals surface area (Å²) in [5.74, 6) is 1.67. The molecule has 0 spiro atoms. The van der Waals surface area contributed by atoms with Gasteiger partial charge in [0.25, 0.3) is 5.91 Å². The summed E-state index contributed by atoms with van der Waals surface area (Å²) in [6.45, 7) is 4.92. The third-order valence-electron chi connectivity index (χ3n) is 5.99. The van der Waals surface area contributed by atoms with Crippen LogP contribution in [-0.2, 0) is 13.0 Å². The van der Waals surface area contributed by atoms with Crippen molar-refractivity contribution in [3.05, 3.63) is 58.7 Å². The van der Waals surface area contributed by atoms with Crippen LogP contribution in [0.2, 0.25) is 0 Å². The first kappa shape index (κ1) is 17.8. The molecule has 0 bridgehead atoms. The van der Waals surface area contributed by atoms with Gasteiger partial charge in [0, 0.05) is 29.8 Å². The Kier molecular flexibility index (Phi) is 4.12. The van der Waals surface area contributed by atoms with Gasteiger partial charge >= 0.3 is 0 Å². The largest absolute Gasteiger partial charge is 0.354 e. The number of carbonyl (C=O) groups is 2. The SMILES string of the molecule is Cc1c(C(=O)N2Cc3nnc(-c4ccccc4)n3[C@@H](C)C2)[nH]c2c1C(=O)CCC2. The molecule has 148 valence electrons. The summed E-state index contributed by atoms with van der Waals surface area (Å²) in [6.07, 6.45) is 2.22. The molecule has 1 aromatic carbocycles. The van der Waals surface area contributed by atoms with E-state index in [2.05, 4.69) is 26.7 Å². The van der Waals surface area contributed by atoms with E-state index in [1.807, 2.05) is 37.3 Å². The molecule has 0 fully saturated rings. The topological polar surface area (TPSA) is 83.9 Å². The van der Waals surface area contributed by atoms with Crippen LogP contribution in [0.4, 0.5) is 0 Å². The second kappa shape index (κ2) is 6.69. The number of aromatic nitrogens is 4. The van der Waals surface area contributed by atoms with Gasteiger partial charge < -0.3 is 14.5 Å². The zero-order chi connectivity index (χ0) is 20.1. The van der Waals surface area contributed by atoms with Crippen molar-refractivity contribution in [1.82, 2.24) is 24.6 Å². The molecule has 3 aromatic rings. The maximum Gasteiger partial charge on any atom is 0.271 e. The van der Waals surface area contributed by atoms with Gasteiger partial charge in [0.15, 0.2) is 17.4 Å². The molecule has 29 heavy (non-hydrogen) atoms. The van der Waals surface area contributed by atoms with Gasteiger partial charge in [0.2, 0.25) is 0 Å². The molecule has 0 saturated heterocycles. The van der Waals surface area contributed by atoms with Crippen molar-refractivity contribution >= 4 is 11.7 Å². The first-order valence-electron chi connectivity index (χ1n) is 10.1. The molecule has 0 saturated carbocycles. The number of carbonyl (C=O) groups excluding carboxylic acids is 2. The highest BCUT2D eigenvalue weighted by Gasteiger charge is 2.33.